The van der Waals surface area contributed by atoms with Gasteiger partial charge in [0.05, 0.1) is 0 Å². The standard InChI is InChI=1S/C16H19F2N5O/c17-14(18)11-23-10-5-15(21-23)20-16(24)22-8-3-13(4-9-22)12-1-6-19-7-2-12/h1-2,5-7,10,13-14H,3-4,8-9,11H2,(H,20,21,24). The van der Waals surface area contributed by atoms with E-state index in [9.17, 15) is 13.6 Å². The molecule has 2 aromatic rings. The van der Waals surface area contributed by atoms with Crippen LogP contribution in [0.1, 0.15) is 24.3 Å². The number of nitrogens with zero attached hydrogens (tertiary/aromatic N) is 4. The van der Waals surface area contributed by atoms with Crippen LogP contribution in [-0.4, -0.2) is 45.2 Å². The number of urea groups is 1. The van der Waals surface area contributed by atoms with E-state index in [1.54, 1.807) is 17.3 Å². The number of hydrogen-bond acceptors (Lipinski definition) is 3. The average molecular weight is 335 g/mol. The Morgan fingerprint density at radius 2 is 1.96 bits per heavy atom. The predicted molar refractivity (Wildman–Crippen MR) is 85.0 cm³/mol. The number of amides is 2. The number of carbonyl (C=O) groups is 1. The fraction of sp³-hybridized carbons (Fsp3) is 0.438. The minimum atomic E-state index is -2.47. The van der Waals surface area contributed by atoms with Gasteiger partial charge in [0.2, 0.25) is 0 Å². The second-order valence-electron chi connectivity index (χ2n) is 5.79. The molecule has 0 aliphatic carbocycles. The number of rotatable bonds is 4. The van der Waals surface area contributed by atoms with Crippen molar-refractivity contribution in [2.45, 2.75) is 31.7 Å². The van der Waals surface area contributed by atoms with Gasteiger partial charge < -0.3 is 4.90 Å². The molecule has 3 heterocycles. The molecule has 0 unspecified atom stereocenters. The Balaban J connectivity index is 1.51. The highest BCUT2D eigenvalue weighted by atomic mass is 19.3. The minimum Gasteiger partial charge on any atom is -0.324 e. The van der Waals surface area contributed by atoms with Crippen molar-refractivity contribution in [2.24, 2.45) is 0 Å². The monoisotopic (exact) mass is 335 g/mol. The molecular formula is C16H19F2N5O. The van der Waals surface area contributed by atoms with Gasteiger partial charge >= 0.3 is 6.03 Å². The van der Waals surface area contributed by atoms with Crippen molar-refractivity contribution in [1.82, 2.24) is 19.7 Å². The summed E-state index contributed by atoms with van der Waals surface area (Å²) in [5.74, 6) is 0.721. The third-order valence-corrected chi connectivity index (χ3v) is 4.16. The van der Waals surface area contributed by atoms with Crippen LogP contribution in [0.4, 0.5) is 19.4 Å². The van der Waals surface area contributed by atoms with Crippen molar-refractivity contribution in [2.75, 3.05) is 18.4 Å². The van der Waals surface area contributed by atoms with E-state index in [1.807, 2.05) is 12.1 Å². The number of piperidine rings is 1. The molecule has 8 heteroatoms. The molecular weight excluding hydrogens is 316 g/mol. The Hall–Kier alpha value is -2.51. The number of alkyl halides is 2. The maximum atomic E-state index is 12.3. The third kappa shape index (κ3) is 4.06. The molecule has 6 nitrogen and oxygen atoms in total. The van der Waals surface area contributed by atoms with Gasteiger partial charge in [0.15, 0.2) is 5.82 Å². The summed E-state index contributed by atoms with van der Waals surface area (Å²) in [4.78, 5) is 18.0. The van der Waals surface area contributed by atoms with Crippen LogP contribution in [0.15, 0.2) is 36.8 Å². The van der Waals surface area contributed by atoms with Crippen molar-refractivity contribution < 1.29 is 13.6 Å². The summed E-state index contributed by atoms with van der Waals surface area (Å²) in [5.41, 5.74) is 1.25. The molecule has 3 rings (SSSR count). The topological polar surface area (TPSA) is 63.1 Å². The fourth-order valence-electron chi connectivity index (χ4n) is 2.91. The summed E-state index contributed by atoms with van der Waals surface area (Å²) in [5, 5.41) is 6.58. The van der Waals surface area contributed by atoms with E-state index in [0.29, 0.717) is 19.0 Å². The number of likely N-dealkylation sites (tertiary alicyclic amines) is 1. The normalized spacial score (nSPS) is 15.7. The van der Waals surface area contributed by atoms with Crippen molar-refractivity contribution in [3.8, 4) is 0 Å². The van der Waals surface area contributed by atoms with Gasteiger partial charge in [-0.15, -0.1) is 0 Å². The van der Waals surface area contributed by atoms with Crippen LogP contribution in [0.2, 0.25) is 0 Å². The predicted octanol–water partition coefficient (Wildman–Crippen LogP) is 2.95. The number of carbonyl (C=O) groups excluding carboxylic acids is 1. The zero-order valence-corrected chi connectivity index (χ0v) is 13.1. The molecule has 1 aliphatic heterocycles. The second kappa shape index (κ2) is 7.37. The van der Waals surface area contributed by atoms with Crippen molar-refractivity contribution in [3.05, 3.63) is 42.4 Å². The zero-order valence-electron chi connectivity index (χ0n) is 13.1. The molecule has 1 saturated heterocycles. The first-order valence-electron chi connectivity index (χ1n) is 7.89. The maximum Gasteiger partial charge on any atom is 0.323 e. The van der Waals surface area contributed by atoms with Crippen LogP contribution in [0.5, 0.6) is 0 Å². The number of anilines is 1. The van der Waals surface area contributed by atoms with Gasteiger partial charge in [-0.1, -0.05) is 0 Å². The van der Waals surface area contributed by atoms with Crippen molar-refractivity contribution >= 4 is 11.8 Å². The molecule has 0 radical (unpaired) electrons. The van der Waals surface area contributed by atoms with Gasteiger partial charge in [-0.3, -0.25) is 15.0 Å². The lowest BCUT2D eigenvalue weighted by Crippen LogP contribution is -2.40. The molecule has 0 spiro atoms. The van der Waals surface area contributed by atoms with Gasteiger partial charge in [0, 0.05) is 37.7 Å². The second-order valence-corrected chi connectivity index (χ2v) is 5.79. The summed E-state index contributed by atoms with van der Waals surface area (Å²) < 4.78 is 25.7. The summed E-state index contributed by atoms with van der Waals surface area (Å²) in [6.07, 6.45) is 4.29. The lowest BCUT2D eigenvalue weighted by atomic mass is 9.90. The Morgan fingerprint density at radius 1 is 1.25 bits per heavy atom. The van der Waals surface area contributed by atoms with E-state index in [0.717, 1.165) is 17.5 Å². The van der Waals surface area contributed by atoms with E-state index >= 15 is 0 Å². The SMILES string of the molecule is O=C(Nc1ccn(CC(F)F)n1)N1CCC(c2ccncc2)CC1. The number of pyridine rings is 1. The first-order valence-corrected chi connectivity index (χ1v) is 7.89. The van der Waals surface area contributed by atoms with Crippen LogP contribution < -0.4 is 5.32 Å². The number of hydrogen-bond donors (Lipinski definition) is 1. The minimum absolute atomic E-state index is 0.245. The number of halogens is 2. The van der Waals surface area contributed by atoms with Crippen molar-refractivity contribution in [1.29, 1.82) is 0 Å². The number of nitrogens with one attached hydrogen (secondary N) is 1. The van der Waals surface area contributed by atoms with E-state index in [1.165, 1.54) is 17.8 Å². The molecule has 1 fully saturated rings. The van der Waals surface area contributed by atoms with Gasteiger partial charge in [0.25, 0.3) is 6.43 Å². The molecule has 2 amide bonds. The quantitative estimate of drug-likeness (QED) is 0.934. The van der Waals surface area contributed by atoms with Crippen LogP contribution >= 0.6 is 0 Å². The average Bonchev–Trinajstić information content (AvgIpc) is 3.02. The smallest absolute Gasteiger partial charge is 0.323 e. The van der Waals surface area contributed by atoms with E-state index < -0.39 is 13.0 Å². The summed E-state index contributed by atoms with van der Waals surface area (Å²) >= 11 is 0. The Kier molecular flexibility index (Phi) is 5.02. The zero-order chi connectivity index (χ0) is 16.9. The van der Waals surface area contributed by atoms with Gasteiger partial charge in [-0.2, -0.15) is 5.10 Å². The van der Waals surface area contributed by atoms with E-state index in [4.69, 9.17) is 0 Å². The summed E-state index contributed by atoms with van der Waals surface area (Å²) in [6.45, 7) is 0.820. The Labute approximate surface area is 138 Å². The van der Waals surface area contributed by atoms with Gasteiger partial charge in [-0.25, -0.2) is 13.6 Å². The molecule has 24 heavy (non-hydrogen) atoms. The first kappa shape index (κ1) is 16.4. The van der Waals surface area contributed by atoms with E-state index in [-0.39, 0.29) is 11.8 Å². The van der Waals surface area contributed by atoms with Crippen LogP contribution in [0.3, 0.4) is 0 Å². The molecule has 1 aliphatic rings. The van der Waals surface area contributed by atoms with Crippen LogP contribution in [0, 0.1) is 0 Å². The first-order chi connectivity index (χ1) is 11.6. The van der Waals surface area contributed by atoms with Crippen molar-refractivity contribution in [3.63, 3.8) is 0 Å². The lowest BCUT2D eigenvalue weighted by molar-refractivity contribution is 0.122. The Morgan fingerprint density at radius 3 is 2.62 bits per heavy atom. The molecule has 0 saturated carbocycles. The van der Waals surface area contributed by atoms with Crippen LogP contribution in [-0.2, 0) is 6.54 Å². The van der Waals surface area contributed by atoms with Gasteiger partial charge in [0.1, 0.15) is 6.54 Å². The van der Waals surface area contributed by atoms with Crippen LogP contribution in [0.25, 0.3) is 0 Å². The Bertz CT molecular complexity index is 668. The van der Waals surface area contributed by atoms with Gasteiger partial charge in [-0.05, 0) is 36.5 Å². The molecule has 1 N–H and O–H groups in total. The van der Waals surface area contributed by atoms with E-state index in [2.05, 4.69) is 15.4 Å². The largest absolute Gasteiger partial charge is 0.324 e. The highest BCUT2D eigenvalue weighted by Crippen LogP contribution is 2.27. The lowest BCUT2D eigenvalue weighted by Gasteiger charge is -2.32. The number of aromatic nitrogens is 3. The molecule has 0 aromatic carbocycles. The molecule has 0 bridgehead atoms. The fourth-order valence-corrected chi connectivity index (χ4v) is 2.91. The molecule has 2 aromatic heterocycles. The molecule has 0 atom stereocenters. The third-order valence-electron chi connectivity index (χ3n) is 4.16. The summed E-state index contributed by atoms with van der Waals surface area (Å²) in [7, 11) is 0. The molecule has 128 valence electrons. The summed E-state index contributed by atoms with van der Waals surface area (Å²) in [6, 6.07) is 5.29. The highest BCUT2D eigenvalue weighted by molar-refractivity contribution is 5.88. The highest BCUT2D eigenvalue weighted by Gasteiger charge is 2.24. The maximum absolute atomic E-state index is 12.3.